The summed E-state index contributed by atoms with van der Waals surface area (Å²) in [6, 6.07) is 19.9. The summed E-state index contributed by atoms with van der Waals surface area (Å²) in [7, 11) is -2.53. The summed E-state index contributed by atoms with van der Waals surface area (Å²) in [5, 5.41) is 2.84. The Hall–Kier alpha value is -3.85. The van der Waals surface area contributed by atoms with Crippen molar-refractivity contribution in [1.82, 2.24) is 10.2 Å². The zero-order chi connectivity index (χ0) is 28.6. The fraction of sp³-hybridized carbons (Fsp3) is 0.333. The zero-order valence-corrected chi connectivity index (χ0v) is 24.0. The molecule has 0 saturated carbocycles. The third-order valence-electron chi connectivity index (χ3n) is 6.47. The molecule has 0 fully saturated rings. The Balaban J connectivity index is 2.04. The molecule has 0 heterocycles. The summed E-state index contributed by atoms with van der Waals surface area (Å²) in [5.41, 5.74) is 2.77. The highest BCUT2D eigenvalue weighted by Gasteiger charge is 2.33. The summed E-state index contributed by atoms with van der Waals surface area (Å²) in [6.07, 6.45) is 0.751. The van der Waals surface area contributed by atoms with Gasteiger partial charge in [-0.3, -0.25) is 13.9 Å². The predicted molar refractivity (Wildman–Crippen MR) is 153 cm³/mol. The van der Waals surface area contributed by atoms with E-state index in [1.807, 2.05) is 45.0 Å². The van der Waals surface area contributed by atoms with Crippen molar-refractivity contribution in [3.05, 3.63) is 89.5 Å². The molecule has 0 aliphatic carbocycles. The van der Waals surface area contributed by atoms with Crippen molar-refractivity contribution in [3.63, 3.8) is 0 Å². The average molecular weight is 552 g/mol. The van der Waals surface area contributed by atoms with E-state index in [2.05, 4.69) is 5.32 Å². The van der Waals surface area contributed by atoms with Gasteiger partial charge in [-0.05, 0) is 74.2 Å². The average Bonchev–Trinajstić information content (AvgIpc) is 2.94. The minimum atomic E-state index is -4.10. The van der Waals surface area contributed by atoms with E-state index in [-0.39, 0.29) is 17.3 Å². The molecule has 2 amide bonds. The number of sulfonamides is 1. The van der Waals surface area contributed by atoms with Crippen LogP contribution in [0.2, 0.25) is 0 Å². The maximum absolute atomic E-state index is 14.0. The minimum Gasteiger partial charge on any atom is -0.497 e. The molecule has 0 radical (unpaired) electrons. The van der Waals surface area contributed by atoms with E-state index in [1.165, 1.54) is 17.0 Å². The second-order valence-corrected chi connectivity index (χ2v) is 11.3. The number of nitrogens with one attached hydrogen (secondary N) is 1. The molecular formula is C30H37N3O5S. The van der Waals surface area contributed by atoms with Crippen LogP contribution in [0, 0.1) is 13.8 Å². The monoisotopic (exact) mass is 551 g/mol. The minimum absolute atomic E-state index is 0.0779. The van der Waals surface area contributed by atoms with Crippen molar-refractivity contribution in [3.8, 4) is 5.75 Å². The van der Waals surface area contributed by atoms with Gasteiger partial charge in [0.05, 0.1) is 17.7 Å². The van der Waals surface area contributed by atoms with Crippen molar-refractivity contribution in [2.45, 2.75) is 51.6 Å². The van der Waals surface area contributed by atoms with Gasteiger partial charge in [-0.1, -0.05) is 49.4 Å². The molecule has 0 aliphatic heterocycles. The van der Waals surface area contributed by atoms with Crippen LogP contribution in [0.5, 0.6) is 5.75 Å². The van der Waals surface area contributed by atoms with Crippen LogP contribution >= 0.6 is 0 Å². The molecule has 0 aromatic heterocycles. The number of carbonyl (C=O) groups is 2. The van der Waals surface area contributed by atoms with Crippen LogP contribution in [0.15, 0.2) is 77.7 Å². The van der Waals surface area contributed by atoms with E-state index in [4.69, 9.17) is 4.74 Å². The number of carbonyl (C=O) groups excluding carboxylic acids is 2. The predicted octanol–water partition coefficient (Wildman–Crippen LogP) is 4.45. The van der Waals surface area contributed by atoms with Gasteiger partial charge in [-0.15, -0.1) is 0 Å². The fourth-order valence-corrected chi connectivity index (χ4v) is 5.62. The highest BCUT2D eigenvalue weighted by molar-refractivity contribution is 7.92. The lowest BCUT2D eigenvalue weighted by molar-refractivity contribution is -0.139. The number of benzene rings is 3. The van der Waals surface area contributed by atoms with Crippen molar-refractivity contribution >= 4 is 27.5 Å². The van der Waals surface area contributed by atoms with E-state index < -0.39 is 28.5 Å². The van der Waals surface area contributed by atoms with Crippen LogP contribution in [-0.4, -0.2) is 51.4 Å². The molecule has 0 saturated heterocycles. The Morgan fingerprint density at radius 1 is 0.974 bits per heavy atom. The van der Waals surface area contributed by atoms with Gasteiger partial charge in [0, 0.05) is 13.1 Å². The Labute approximate surface area is 231 Å². The van der Waals surface area contributed by atoms with Crippen LogP contribution in [0.25, 0.3) is 0 Å². The molecule has 8 nitrogen and oxygen atoms in total. The van der Waals surface area contributed by atoms with Crippen LogP contribution in [0.3, 0.4) is 0 Å². The zero-order valence-electron chi connectivity index (χ0n) is 23.2. The standard InChI is InChI=1S/C30H37N3O5S/c1-6-18-31-30(35)24(4)32(20-25-14-16-26(38-5)17-15-25)29(34)21-33(28-19-22(2)12-13-23(28)3)39(36,37)27-10-8-7-9-11-27/h7-17,19,24H,6,18,20-21H2,1-5H3,(H,31,35)/t24-/m1/s1. The van der Waals surface area contributed by atoms with E-state index in [0.29, 0.717) is 23.5 Å². The number of ether oxygens (including phenoxy) is 1. The topological polar surface area (TPSA) is 96.0 Å². The smallest absolute Gasteiger partial charge is 0.264 e. The maximum Gasteiger partial charge on any atom is 0.264 e. The molecule has 1 N–H and O–H groups in total. The lowest BCUT2D eigenvalue weighted by Crippen LogP contribution is -2.51. The number of aryl methyl sites for hydroxylation is 2. The quantitative estimate of drug-likeness (QED) is 0.359. The molecule has 0 bridgehead atoms. The number of nitrogens with zero attached hydrogens (tertiary/aromatic N) is 2. The van der Waals surface area contributed by atoms with Crippen molar-refractivity contribution in [2.75, 3.05) is 24.5 Å². The lowest BCUT2D eigenvalue weighted by atomic mass is 10.1. The van der Waals surface area contributed by atoms with Crippen LogP contribution in [0.4, 0.5) is 5.69 Å². The molecule has 0 spiro atoms. The SMILES string of the molecule is CCCNC(=O)[C@@H](C)N(Cc1ccc(OC)cc1)C(=O)CN(c1cc(C)ccc1C)S(=O)(=O)c1ccccc1. The van der Waals surface area contributed by atoms with Crippen LogP contribution < -0.4 is 14.4 Å². The first-order chi connectivity index (χ1) is 18.6. The highest BCUT2D eigenvalue weighted by atomic mass is 32.2. The highest BCUT2D eigenvalue weighted by Crippen LogP contribution is 2.28. The van der Waals surface area contributed by atoms with E-state index >= 15 is 0 Å². The number of anilines is 1. The summed E-state index contributed by atoms with van der Waals surface area (Å²) in [4.78, 5) is 28.4. The molecular weight excluding hydrogens is 514 g/mol. The Bertz CT molecular complexity index is 1380. The Kier molecular flexibility index (Phi) is 10.1. The van der Waals surface area contributed by atoms with Crippen molar-refractivity contribution in [1.29, 1.82) is 0 Å². The third-order valence-corrected chi connectivity index (χ3v) is 8.25. The van der Waals surface area contributed by atoms with E-state index in [1.54, 1.807) is 50.4 Å². The maximum atomic E-state index is 14.0. The van der Waals surface area contributed by atoms with Gasteiger partial charge in [0.2, 0.25) is 11.8 Å². The molecule has 3 aromatic carbocycles. The number of methoxy groups -OCH3 is 1. The normalized spacial score (nSPS) is 11.9. The molecule has 0 unspecified atom stereocenters. The molecule has 39 heavy (non-hydrogen) atoms. The first-order valence-corrected chi connectivity index (χ1v) is 14.4. The van der Waals surface area contributed by atoms with Crippen molar-refractivity contribution in [2.24, 2.45) is 0 Å². The number of hydrogen-bond donors (Lipinski definition) is 1. The summed E-state index contributed by atoms with van der Waals surface area (Å²) < 4.78 is 34.2. The van der Waals surface area contributed by atoms with Gasteiger partial charge >= 0.3 is 0 Å². The second-order valence-electron chi connectivity index (χ2n) is 9.45. The molecule has 1 atom stereocenters. The van der Waals surface area contributed by atoms with Gasteiger partial charge in [0.1, 0.15) is 18.3 Å². The Morgan fingerprint density at radius 2 is 1.64 bits per heavy atom. The van der Waals surface area contributed by atoms with Gasteiger partial charge in [0.15, 0.2) is 0 Å². The van der Waals surface area contributed by atoms with Crippen LogP contribution in [0.1, 0.15) is 37.0 Å². The first kappa shape index (κ1) is 29.7. The van der Waals surface area contributed by atoms with Crippen LogP contribution in [-0.2, 0) is 26.2 Å². The largest absolute Gasteiger partial charge is 0.497 e. The lowest BCUT2D eigenvalue weighted by Gasteiger charge is -2.32. The molecule has 3 rings (SSSR count). The second kappa shape index (κ2) is 13.3. The summed E-state index contributed by atoms with van der Waals surface area (Å²) >= 11 is 0. The number of amides is 2. The van der Waals surface area contributed by atoms with Crippen molar-refractivity contribution < 1.29 is 22.7 Å². The number of rotatable bonds is 12. The Morgan fingerprint density at radius 3 is 2.26 bits per heavy atom. The summed E-state index contributed by atoms with van der Waals surface area (Å²) in [6.45, 7) is 7.41. The van der Waals surface area contributed by atoms with E-state index in [9.17, 15) is 18.0 Å². The molecule has 208 valence electrons. The fourth-order valence-electron chi connectivity index (χ4n) is 4.13. The summed E-state index contributed by atoms with van der Waals surface area (Å²) in [5.74, 6) is -0.131. The molecule has 0 aliphatic rings. The van der Waals surface area contributed by atoms with Gasteiger partial charge < -0.3 is 15.0 Å². The first-order valence-electron chi connectivity index (χ1n) is 12.9. The number of hydrogen-bond acceptors (Lipinski definition) is 5. The third kappa shape index (κ3) is 7.38. The molecule has 9 heteroatoms. The van der Waals surface area contributed by atoms with Gasteiger partial charge in [-0.25, -0.2) is 8.42 Å². The molecule has 3 aromatic rings. The van der Waals surface area contributed by atoms with E-state index in [0.717, 1.165) is 21.9 Å². The van der Waals surface area contributed by atoms with Gasteiger partial charge in [0.25, 0.3) is 10.0 Å². The van der Waals surface area contributed by atoms with Gasteiger partial charge in [-0.2, -0.15) is 0 Å².